The van der Waals surface area contributed by atoms with E-state index in [0.717, 1.165) is 52.8 Å². The Morgan fingerprint density at radius 1 is 0.844 bits per heavy atom. The lowest BCUT2D eigenvalue weighted by atomic mass is 10.0. The van der Waals surface area contributed by atoms with E-state index in [-0.39, 0.29) is 18.6 Å². The van der Waals surface area contributed by atoms with Crippen molar-refractivity contribution in [3.05, 3.63) is 123 Å². The highest BCUT2D eigenvalue weighted by Crippen LogP contribution is 2.43. The first-order chi connectivity index (χ1) is 21.9. The fourth-order valence-corrected chi connectivity index (χ4v) is 7.08. The number of rotatable bonds is 6. The predicted molar refractivity (Wildman–Crippen MR) is 178 cm³/mol. The van der Waals surface area contributed by atoms with E-state index in [2.05, 4.69) is 49.1 Å². The molecule has 8 heteroatoms. The maximum atomic E-state index is 13.8. The molecule has 4 aromatic carbocycles. The van der Waals surface area contributed by atoms with Gasteiger partial charge in [0.1, 0.15) is 0 Å². The SMILES string of the molecule is Cc1ccc(C)c(CN2C(=O)/C(=C/c3ccc(C(=O)N4CCN(Cc5ccc6c(c5)OCO6)CC4)cc3)Sc3ccccc32)c1. The van der Waals surface area contributed by atoms with E-state index >= 15 is 0 Å². The van der Waals surface area contributed by atoms with Gasteiger partial charge in [0.15, 0.2) is 11.5 Å². The number of ether oxygens (including phenoxy) is 2. The number of carbonyl (C=O) groups excluding carboxylic acids is 2. The number of anilines is 1. The second-order valence-corrected chi connectivity index (χ2v) is 12.9. The smallest absolute Gasteiger partial charge is 0.265 e. The summed E-state index contributed by atoms with van der Waals surface area (Å²) in [5.41, 5.74) is 7.14. The van der Waals surface area contributed by atoms with Gasteiger partial charge in [0.05, 0.1) is 17.1 Å². The third-order valence-electron chi connectivity index (χ3n) is 8.62. The first kappa shape index (κ1) is 29.2. The molecule has 1 fully saturated rings. The molecule has 3 heterocycles. The Hall–Kier alpha value is -4.53. The number of amides is 2. The number of benzene rings is 4. The summed E-state index contributed by atoms with van der Waals surface area (Å²) in [7, 11) is 0. The van der Waals surface area contributed by atoms with Crippen LogP contribution in [0.25, 0.3) is 6.08 Å². The second kappa shape index (κ2) is 12.5. The molecule has 0 aromatic heterocycles. The molecule has 7 rings (SSSR count). The number of fused-ring (bicyclic) bond motifs is 2. The molecule has 2 amide bonds. The van der Waals surface area contributed by atoms with Crippen LogP contribution in [0.3, 0.4) is 0 Å². The van der Waals surface area contributed by atoms with Crippen molar-refractivity contribution in [3.8, 4) is 11.5 Å². The van der Waals surface area contributed by atoms with Crippen LogP contribution in [0.1, 0.15) is 38.2 Å². The van der Waals surface area contributed by atoms with Gasteiger partial charge in [-0.3, -0.25) is 14.5 Å². The van der Waals surface area contributed by atoms with Gasteiger partial charge < -0.3 is 19.3 Å². The van der Waals surface area contributed by atoms with Crippen LogP contribution in [0.5, 0.6) is 11.5 Å². The molecule has 7 nitrogen and oxygen atoms in total. The Morgan fingerprint density at radius 2 is 1.62 bits per heavy atom. The average Bonchev–Trinajstić information content (AvgIpc) is 3.53. The first-order valence-electron chi connectivity index (χ1n) is 15.3. The van der Waals surface area contributed by atoms with Gasteiger partial charge >= 0.3 is 0 Å². The summed E-state index contributed by atoms with van der Waals surface area (Å²) < 4.78 is 10.9. The lowest BCUT2D eigenvalue weighted by Crippen LogP contribution is -2.48. The Balaban J connectivity index is 1.01. The van der Waals surface area contributed by atoms with Gasteiger partial charge in [-0.1, -0.05) is 65.9 Å². The standard InChI is InChI=1S/C37H35N3O4S/c1-25-7-8-26(2)30(19-25)23-40-31-5-3-4-6-34(31)45-35(37(40)42)21-27-9-12-29(13-10-27)36(41)39-17-15-38(16-18-39)22-28-11-14-32-33(20-28)44-24-43-32/h3-14,19-21H,15-18,22-24H2,1-2H3/b35-21-. The number of hydrogen-bond acceptors (Lipinski definition) is 6. The summed E-state index contributed by atoms with van der Waals surface area (Å²) in [6.45, 7) is 8.73. The Bertz CT molecular complexity index is 1790. The molecule has 0 atom stereocenters. The fourth-order valence-electron chi connectivity index (χ4n) is 6.02. The van der Waals surface area contributed by atoms with Gasteiger partial charge in [0.25, 0.3) is 11.8 Å². The van der Waals surface area contributed by atoms with E-state index in [0.29, 0.717) is 30.1 Å². The highest BCUT2D eigenvalue weighted by Gasteiger charge is 2.29. The molecular weight excluding hydrogens is 582 g/mol. The molecule has 0 aliphatic carbocycles. The third kappa shape index (κ3) is 6.21. The van der Waals surface area contributed by atoms with Crippen LogP contribution in [0.4, 0.5) is 5.69 Å². The van der Waals surface area contributed by atoms with Gasteiger partial charge in [-0.2, -0.15) is 0 Å². The Labute approximate surface area is 268 Å². The Kier molecular flexibility index (Phi) is 8.08. The van der Waals surface area contributed by atoms with Crippen LogP contribution in [-0.4, -0.2) is 54.6 Å². The number of hydrogen-bond donors (Lipinski definition) is 0. The van der Waals surface area contributed by atoms with Crippen molar-refractivity contribution in [1.29, 1.82) is 0 Å². The summed E-state index contributed by atoms with van der Waals surface area (Å²) in [5, 5.41) is 0. The van der Waals surface area contributed by atoms with E-state index in [4.69, 9.17) is 9.47 Å². The van der Waals surface area contributed by atoms with Crippen molar-refractivity contribution in [3.63, 3.8) is 0 Å². The minimum absolute atomic E-state index is 0.0154. The topological polar surface area (TPSA) is 62.3 Å². The van der Waals surface area contributed by atoms with Crippen molar-refractivity contribution in [1.82, 2.24) is 9.80 Å². The van der Waals surface area contributed by atoms with E-state index in [1.54, 1.807) is 0 Å². The van der Waals surface area contributed by atoms with Crippen molar-refractivity contribution in [2.24, 2.45) is 0 Å². The van der Waals surface area contributed by atoms with Crippen LogP contribution < -0.4 is 14.4 Å². The zero-order chi connectivity index (χ0) is 30.9. The van der Waals surface area contributed by atoms with Gasteiger partial charge in [0, 0.05) is 43.2 Å². The van der Waals surface area contributed by atoms with Crippen LogP contribution in [0, 0.1) is 13.8 Å². The highest BCUT2D eigenvalue weighted by molar-refractivity contribution is 8.04. The molecule has 45 heavy (non-hydrogen) atoms. The monoisotopic (exact) mass is 617 g/mol. The van der Waals surface area contributed by atoms with E-state index in [1.807, 2.05) is 70.5 Å². The summed E-state index contributed by atoms with van der Waals surface area (Å²) in [6, 6.07) is 28.1. The zero-order valence-electron chi connectivity index (χ0n) is 25.5. The molecule has 0 spiro atoms. The molecule has 3 aliphatic heterocycles. The molecule has 0 bridgehead atoms. The zero-order valence-corrected chi connectivity index (χ0v) is 26.3. The van der Waals surface area contributed by atoms with Gasteiger partial charge in [-0.05, 0) is 78.6 Å². The van der Waals surface area contributed by atoms with Gasteiger partial charge in [-0.25, -0.2) is 0 Å². The summed E-state index contributed by atoms with van der Waals surface area (Å²) in [6.07, 6.45) is 1.93. The fraction of sp³-hybridized carbons (Fsp3) is 0.243. The largest absolute Gasteiger partial charge is 0.454 e. The van der Waals surface area contributed by atoms with Gasteiger partial charge in [0.2, 0.25) is 6.79 Å². The van der Waals surface area contributed by atoms with E-state index in [9.17, 15) is 9.59 Å². The predicted octanol–water partition coefficient (Wildman–Crippen LogP) is 6.67. The molecular formula is C37H35N3O4S. The summed E-state index contributed by atoms with van der Waals surface area (Å²) >= 11 is 1.50. The maximum absolute atomic E-state index is 13.8. The van der Waals surface area contributed by atoms with Crippen LogP contribution >= 0.6 is 11.8 Å². The second-order valence-electron chi connectivity index (χ2n) is 11.8. The number of nitrogens with zero attached hydrogens (tertiary/aromatic N) is 3. The van der Waals surface area contributed by atoms with Crippen molar-refractivity contribution in [2.75, 3.05) is 37.9 Å². The van der Waals surface area contributed by atoms with Crippen molar-refractivity contribution in [2.45, 2.75) is 31.8 Å². The van der Waals surface area contributed by atoms with Gasteiger partial charge in [-0.15, -0.1) is 0 Å². The molecule has 0 saturated carbocycles. The van der Waals surface area contributed by atoms with Crippen molar-refractivity contribution < 1.29 is 19.1 Å². The molecule has 0 radical (unpaired) electrons. The number of piperazine rings is 1. The number of aryl methyl sites for hydroxylation is 2. The van der Waals surface area contributed by atoms with E-state index in [1.165, 1.54) is 28.5 Å². The molecule has 0 N–H and O–H groups in total. The molecule has 0 unspecified atom stereocenters. The normalized spacial score (nSPS) is 17.1. The van der Waals surface area contributed by atoms with E-state index < -0.39 is 0 Å². The summed E-state index contributed by atoms with van der Waals surface area (Å²) in [5.74, 6) is 1.61. The number of para-hydroxylation sites is 1. The molecule has 4 aromatic rings. The summed E-state index contributed by atoms with van der Waals surface area (Å²) in [4.78, 5) is 35.1. The van der Waals surface area contributed by atoms with Crippen molar-refractivity contribution >= 4 is 35.3 Å². The molecule has 228 valence electrons. The minimum Gasteiger partial charge on any atom is -0.454 e. The van der Waals surface area contributed by atoms with Crippen LogP contribution in [-0.2, 0) is 17.9 Å². The highest BCUT2D eigenvalue weighted by atomic mass is 32.2. The Morgan fingerprint density at radius 3 is 2.44 bits per heavy atom. The number of carbonyl (C=O) groups is 2. The molecule has 3 aliphatic rings. The quantitative estimate of drug-likeness (QED) is 0.225. The number of thioether (sulfide) groups is 1. The third-order valence-corrected chi connectivity index (χ3v) is 9.70. The first-order valence-corrected chi connectivity index (χ1v) is 16.1. The lowest BCUT2D eigenvalue weighted by Gasteiger charge is -2.34. The minimum atomic E-state index is -0.0154. The average molecular weight is 618 g/mol. The lowest BCUT2D eigenvalue weighted by molar-refractivity contribution is -0.114. The maximum Gasteiger partial charge on any atom is 0.265 e. The van der Waals surface area contributed by atoms with Crippen LogP contribution in [0.15, 0.2) is 94.7 Å². The molecule has 1 saturated heterocycles. The van der Waals surface area contributed by atoms with Crippen LogP contribution in [0.2, 0.25) is 0 Å².